The second-order valence-electron chi connectivity index (χ2n) is 5.43. The summed E-state index contributed by atoms with van der Waals surface area (Å²) in [4.78, 5) is 23.1. The summed E-state index contributed by atoms with van der Waals surface area (Å²) in [6.45, 7) is -0.581. The molecule has 0 atom stereocenters. The van der Waals surface area contributed by atoms with Gasteiger partial charge in [0.1, 0.15) is 12.4 Å². The first-order chi connectivity index (χ1) is 12.7. The number of halogens is 1. The van der Waals surface area contributed by atoms with Crippen molar-refractivity contribution in [1.29, 1.82) is 0 Å². The number of hydrogen-bond donors (Lipinski definition) is 2. The average Bonchev–Trinajstić information content (AvgIpc) is 2.60. The van der Waals surface area contributed by atoms with Crippen molar-refractivity contribution in [2.24, 2.45) is 5.10 Å². The summed E-state index contributed by atoms with van der Waals surface area (Å²) in [5.41, 5.74) is 2.53. The number of amides is 1. The van der Waals surface area contributed by atoms with Crippen LogP contribution in [0.1, 0.15) is 15.9 Å². The maximum Gasteiger partial charge on any atom is 0.336 e. The zero-order valence-corrected chi connectivity index (χ0v) is 15.0. The number of carboxylic acid groups (broad SMARTS) is 1. The highest BCUT2D eigenvalue weighted by Crippen LogP contribution is 2.17. The topological polar surface area (TPSA) is 116 Å². The van der Waals surface area contributed by atoms with E-state index in [9.17, 15) is 22.4 Å². The molecule has 2 N–H and O–H groups in total. The minimum atomic E-state index is -3.80. The number of anilines is 1. The summed E-state index contributed by atoms with van der Waals surface area (Å²) in [6.07, 6.45) is 2.06. The van der Waals surface area contributed by atoms with Crippen LogP contribution >= 0.6 is 0 Å². The number of aromatic carboxylic acids is 1. The third-order valence-electron chi connectivity index (χ3n) is 3.39. The van der Waals surface area contributed by atoms with Crippen molar-refractivity contribution < 1.29 is 27.5 Å². The van der Waals surface area contributed by atoms with E-state index in [0.29, 0.717) is 0 Å². The van der Waals surface area contributed by atoms with Crippen molar-refractivity contribution >= 4 is 33.8 Å². The molecule has 0 spiro atoms. The van der Waals surface area contributed by atoms with Crippen molar-refractivity contribution in [2.75, 3.05) is 17.1 Å². The van der Waals surface area contributed by atoms with Gasteiger partial charge in [-0.15, -0.1) is 0 Å². The second kappa shape index (κ2) is 8.41. The molecule has 0 bridgehead atoms. The van der Waals surface area contributed by atoms with Gasteiger partial charge in [0, 0.05) is 5.56 Å². The molecule has 0 radical (unpaired) electrons. The van der Waals surface area contributed by atoms with E-state index in [1.165, 1.54) is 24.3 Å². The van der Waals surface area contributed by atoms with Crippen molar-refractivity contribution in [3.63, 3.8) is 0 Å². The van der Waals surface area contributed by atoms with Crippen LogP contribution in [0.25, 0.3) is 0 Å². The highest BCUT2D eigenvalue weighted by atomic mass is 32.2. The summed E-state index contributed by atoms with van der Waals surface area (Å²) in [5.74, 6) is -2.45. The number of carbonyl (C=O) groups excluding carboxylic acids is 1. The van der Waals surface area contributed by atoms with Gasteiger partial charge in [-0.05, 0) is 30.3 Å². The van der Waals surface area contributed by atoms with Gasteiger partial charge >= 0.3 is 5.97 Å². The van der Waals surface area contributed by atoms with E-state index in [1.54, 1.807) is 12.1 Å². The molecular weight excluding hydrogens is 377 g/mol. The minimum absolute atomic E-state index is 0.000395. The molecule has 142 valence electrons. The zero-order valence-electron chi connectivity index (χ0n) is 14.2. The van der Waals surface area contributed by atoms with Gasteiger partial charge in [0.15, 0.2) is 0 Å². The van der Waals surface area contributed by atoms with Crippen LogP contribution in [-0.2, 0) is 14.8 Å². The van der Waals surface area contributed by atoms with Gasteiger partial charge in [-0.1, -0.05) is 18.2 Å². The monoisotopic (exact) mass is 393 g/mol. The van der Waals surface area contributed by atoms with Crippen molar-refractivity contribution in [1.82, 2.24) is 5.43 Å². The fourth-order valence-electron chi connectivity index (χ4n) is 2.15. The second-order valence-corrected chi connectivity index (χ2v) is 7.34. The number of benzene rings is 2. The molecule has 0 aromatic heterocycles. The zero-order chi connectivity index (χ0) is 20.0. The maximum atomic E-state index is 13.0. The molecule has 0 saturated carbocycles. The SMILES string of the molecule is CS(=O)(=O)N(CC(=O)N/N=C\c1ccccc1C(=O)O)c1ccc(F)cc1. The van der Waals surface area contributed by atoms with E-state index in [-0.39, 0.29) is 16.8 Å². The van der Waals surface area contributed by atoms with Crippen molar-refractivity contribution in [3.05, 3.63) is 65.5 Å². The smallest absolute Gasteiger partial charge is 0.336 e. The highest BCUT2D eigenvalue weighted by Gasteiger charge is 2.20. The van der Waals surface area contributed by atoms with Crippen LogP contribution in [0.5, 0.6) is 0 Å². The molecule has 27 heavy (non-hydrogen) atoms. The number of hydrazone groups is 1. The van der Waals surface area contributed by atoms with Crippen LogP contribution in [0.4, 0.5) is 10.1 Å². The summed E-state index contributed by atoms with van der Waals surface area (Å²) in [5, 5.41) is 12.7. The number of sulfonamides is 1. The molecule has 0 fully saturated rings. The third kappa shape index (κ3) is 5.61. The summed E-state index contributed by atoms with van der Waals surface area (Å²) in [7, 11) is -3.80. The number of hydrogen-bond acceptors (Lipinski definition) is 5. The Morgan fingerprint density at radius 3 is 2.41 bits per heavy atom. The lowest BCUT2D eigenvalue weighted by Gasteiger charge is -2.21. The first-order valence-corrected chi connectivity index (χ1v) is 9.41. The first-order valence-electron chi connectivity index (χ1n) is 7.56. The number of carboxylic acids is 1. The number of carbonyl (C=O) groups is 2. The molecule has 2 aromatic carbocycles. The Kier molecular flexibility index (Phi) is 6.24. The molecule has 0 aliphatic carbocycles. The first kappa shape index (κ1) is 20.0. The summed E-state index contributed by atoms with van der Waals surface area (Å²) >= 11 is 0. The largest absolute Gasteiger partial charge is 0.478 e. The molecule has 10 heteroatoms. The lowest BCUT2D eigenvalue weighted by Crippen LogP contribution is -2.39. The van der Waals surface area contributed by atoms with Gasteiger partial charge in [0.25, 0.3) is 5.91 Å². The van der Waals surface area contributed by atoms with Gasteiger partial charge in [-0.25, -0.2) is 23.0 Å². The lowest BCUT2D eigenvalue weighted by molar-refractivity contribution is -0.119. The molecule has 0 unspecified atom stereocenters. The number of nitrogens with one attached hydrogen (secondary N) is 1. The molecule has 2 aromatic rings. The van der Waals surface area contributed by atoms with Crippen LogP contribution < -0.4 is 9.73 Å². The molecular formula is C17H16FN3O5S. The summed E-state index contributed by atoms with van der Waals surface area (Å²) < 4.78 is 37.6. The maximum absolute atomic E-state index is 13.0. The molecule has 0 aliphatic heterocycles. The third-order valence-corrected chi connectivity index (χ3v) is 4.53. The lowest BCUT2D eigenvalue weighted by atomic mass is 10.1. The van der Waals surface area contributed by atoms with E-state index in [4.69, 9.17) is 5.11 Å². The van der Waals surface area contributed by atoms with Gasteiger partial charge in [0.05, 0.1) is 23.7 Å². The Labute approximate surface area is 155 Å². The van der Waals surface area contributed by atoms with Gasteiger partial charge < -0.3 is 5.11 Å². The molecule has 8 nitrogen and oxygen atoms in total. The quantitative estimate of drug-likeness (QED) is 0.545. The van der Waals surface area contributed by atoms with Crippen LogP contribution in [0.3, 0.4) is 0 Å². The number of nitrogens with zero attached hydrogens (tertiary/aromatic N) is 2. The predicted molar refractivity (Wildman–Crippen MR) is 97.7 cm³/mol. The predicted octanol–water partition coefficient (Wildman–Crippen LogP) is 1.44. The standard InChI is InChI=1S/C17H16FN3O5S/c1-27(25,26)21(14-8-6-13(18)7-9-14)11-16(22)20-19-10-12-4-2-3-5-15(12)17(23)24/h2-10H,11H2,1H3,(H,20,22)(H,23,24)/b19-10-. The molecule has 2 rings (SSSR count). The van der Waals surface area contributed by atoms with Crippen molar-refractivity contribution in [2.45, 2.75) is 0 Å². The Morgan fingerprint density at radius 1 is 1.19 bits per heavy atom. The molecule has 0 aliphatic rings. The van der Waals surface area contributed by atoms with E-state index in [0.717, 1.165) is 28.9 Å². The van der Waals surface area contributed by atoms with E-state index in [1.807, 2.05) is 0 Å². The van der Waals surface area contributed by atoms with Gasteiger partial charge in [-0.2, -0.15) is 5.10 Å². The normalized spacial score (nSPS) is 11.3. The van der Waals surface area contributed by atoms with E-state index >= 15 is 0 Å². The Morgan fingerprint density at radius 2 is 1.81 bits per heavy atom. The van der Waals surface area contributed by atoms with E-state index in [2.05, 4.69) is 10.5 Å². The fraction of sp³-hybridized carbons (Fsp3) is 0.118. The van der Waals surface area contributed by atoms with Crippen LogP contribution in [-0.4, -0.2) is 44.4 Å². The van der Waals surface area contributed by atoms with E-state index < -0.39 is 34.3 Å². The molecule has 1 amide bonds. The van der Waals surface area contributed by atoms with Crippen LogP contribution in [0, 0.1) is 5.82 Å². The van der Waals surface area contributed by atoms with Crippen LogP contribution in [0.2, 0.25) is 0 Å². The molecule has 0 heterocycles. The molecule has 0 saturated heterocycles. The Bertz CT molecular complexity index is 974. The van der Waals surface area contributed by atoms with Gasteiger partial charge in [-0.3, -0.25) is 9.10 Å². The fourth-order valence-corrected chi connectivity index (χ4v) is 3.01. The highest BCUT2D eigenvalue weighted by molar-refractivity contribution is 7.92. The minimum Gasteiger partial charge on any atom is -0.478 e. The Hall–Kier alpha value is -3.27. The summed E-state index contributed by atoms with van der Waals surface area (Å²) in [6, 6.07) is 10.7. The van der Waals surface area contributed by atoms with Gasteiger partial charge in [0.2, 0.25) is 10.0 Å². The van der Waals surface area contributed by atoms with Crippen LogP contribution in [0.15, 0.2) is 53.6 Å². The Balaban J connectivity index is 2.11. The average molecular weight is 393 g/mol. The van der Waals surface area contributed by atoms with Crippen molar-refractivity contribution in [3.8, 4) is 0 Å². The number of rotatable bonds is 7.